The van der Waals surface area contributed by atoms with Crippen molar-refractivity contribution >= 4 is 11.4 Å². The van der Waals surface area contributed by atoms with Crippen molar-refractivity contribution in [1.29, 1.82) is 0 Å². The van der Waals surface area contributed by atoms with Gasteiger partial charge < -0.3 is 11.1 Å². The van der Waals surface area contributed by atoms with Crippen molar-refractivity contribution in [1.82, 2.24) is 0 Å². The molecule has 0 aromatic heterocycles. The van der Waals surface area contributed by atoms with E-state index in [1.54, 1.807) is 0 Å². The molecule has 1 aliphatic rings. The van der Waals surface area contributed by atoms with Gasteiger partial charge in [-0.2, -0.15) is 0 Å². The van der Waals surface area contributed by atoms with E-state index in [2.05, 4.69) is 23.5 Å². The number of anilines is 2. The molecule has 0 fully saturated rings. The summed E-state index contributed by atoms with van der Waals surface area (Å²) in [5.41, 5.74) is 7.66. The van der Waals surface area contributed by atoms with Crippen LogP contribution in [0.1, 0.15) is 19.3 Å². The number of nitrogens with one attached hydrogen (secondary N) is 1. The van der Waals surface area contributed by atoms with Gasteiger partial charge in [-0.25, -0.2) is 0 Å². The fourth-order valence-corrected chi connectivity index (χ4v) is 1.79. The van der Waals surface area contributed by atoms with Crippen LogP contribution < -0.4 is 11.1 Å². The minimum Gasteiger partial charge on any atom is -0.399 e. The Morgan fingerprint density at radius 2 is 2.21 bits per heavy atom. The number of nitrogens with two attached hydrogens (primary N) is 1. The van der Waals surface area contributed by atoms with Gasteiger partial charge in [-0.05, 0) is 37.5 Å². The van der Waals surface area contributed by atoms with Crippen LogP contribution in [0.15, 0.2) is 36.4 Å². The maximum Gasteiger partial charge on any atom is 0.0363 e. The van der Waals surface area contributed by atoms with E-state index in [1.807, 2.05) is 18.2 Å². The topological polar surface area (TPSA) is 38.0 Å². The molecule has 2 nitrogen and oxygen atoms in total. The molecule has 1 aliphatic carbocycles. The molecule has 0 saturated carbocycles. The summed E-state index contributed by atoms with van der Waals surface area (Å²) in [5, 5.41) is 3.49. The molecule has 0 amide bonds. The number of hydrogen-bond acceptors (Lipinski definition) is 2. The Kier molecular flexibility index (Phi) is 2.73. The van der Waals surface area contributed by atoms with Gasteiger partial charge in [0, 0.05) is 17.4 Å². The Balaban J connectivity index is 1.99. The third-order valence-electron chi connectivity index (χ3n) is 2.53. The molecular weight excluding hydrogens is 172 g/mol. The van der Waals surface area contributed by atoms with Crippen molar-refractivity contribution in [3.63, 3.8) is 0 Å². The third-order valence-corrected chi connectivity index (χ3v) is 2.53. The maximum atomic E-state index is 5.71. The van der Waals surface area contributed by atoms with Crippen molar-refractivity contribution in [3.8, 4) is 0 Å². The molecule has 1 atom stereocenters. The molecule has 2 heteroatoms. The lowest BCUT2D eigenvalue weighted by atomic mass is 10.0. The lowest BCUT2D eigenvalue weighted by molar-refractivity contribution is 0.645. The highest BCUT2D eigenvalue weighted by atomic mass is 14.9. The SMILES string of the molecule is Nc1cccc(NC2CC=CCC2)c1. The first-order chi connectivity index (χ1) is 6.84. The van der Waals surface area contributed by atoms with Crippen LogP contribution in [0, 0.1) is 0 Å². The minimum absolute atomic E-state index is 0.571. The van der Waals surface area contributed by atoms with Crippen LogP contribution in [0.2, 0.25) is 0 Å². The van der Waals surface area contributed by atoms with E-state index in [0.717, 1.165) is 17.8 Å². The Labute approximate surface area is 84.8 Å². The average Bonchev–Trinajstić information content (AvgIpc) is 2.19. The molecule has 1 aromatic carbocycles. The molecule has 3 N–H and O–H groups in total. The van der Waals surface area contributed by atoms with Gasteiger partial charge in [-0.1, -0.05) is 18.2 Å². The normalized spacial score (nSPS) is 20.7. The first kappa shape index (κ1) is 9.13. The zero-order chi connectivity index (χ0) is 9.80. The predicted molar refractivity (Wildman–Crippen MR) is 61.3 cm³/mol. The highest BCUT2D eigenvalue weighted by molar-refractivity contribution is 5.54. The van der Waals surface area contributed by atoms with Gasteiger partial charge in [0.2, 0.25) is 0 Å². The standard InChI is InChI=1S/C12H16N2/c13-10-5-4-8-12(9-10)14-11-6-2-1-3-7-11/h1-2,4-5,8-9,11,14H,3,6-7,13H2. The fourth-order valence-electron chi connectivity index (χ4n) is 1.79. The molecule has 0 spiro atoms. The number of rotatable bonds is 2. The molecule has 14 heavy (non-hydrogen) atoms. The van der Waals surface area contributed by atoms with Crippen molar-refractivity contribution in [2.75, 3.05) is 11.1 Å². The van der Waals surface area contributed by atoms with Crippen LogP contribution >= 0.6 is 0 Å². The van der Waals surface area contributed by atoms with Crippen LogP contribution in [0.4, 0.5) is 11.4 Å². The van der Waals surface area contributed by atoms with Gasteiger partial charge in [-0.15, -0.1) is 0 Å². The summed E-state index contributed by atoms with van der Waals surface area (Å²) in [6, 6.07) is 8.51. The quantitative estimate of drug-likeness (QED) is 0.553. The second kappa shape index (κ2) is 4.18. The van der Waals surface area contributed by atoms with Crippen LogP contribution in [0.3, 0.4) is 0 Å². The minimum atomic E-state index is 0.571. The lowest BCUT2D eigenvalue weighted by Gasteiger charge is -2.20. The van der Waals surface area contributed by atoms with Crippen LogP contribution in [-0.2, 0) is 0 Å². The fraction of sp³-hybridized carbons (Fsp3) is 0.333. The molecule has 1 aromatic rings. The van der Waals surface area contributed by atoms with Crippen molar-refractivity contribution < 1.29 is 0 Å². The zero-order valence-electron chi connectivity index (χ0n) is 8.24. The van der Waals surface area contributed by atoms with Gasteiger partial charge in [0.05, 0.1) is 0 Å². The monoisotopic (exact) mass is 188 g/mol. The molecule has 0 heterocycles. The zero-order valence-corrected chi connectivity index (χ0v) is 8.24. The molecule has 2 rings (SSSR count). The Bertz CT molecular complexity index is 331. The van der Waals surface area contributed by atoms with Crippen molar-refractivity contribution in [2.24, 2.45) is 0 Å². The van der Waals surface area contributed by atoms with Gasteiger partial charge in [0.15, 0.2) is 0 Å². The Morgan fingerprint density at radius 1 is 1.29 bits per heavy atom. The second-order valence-corrected chi connectivity index (χ2v) is 3.75. The molecule has 74 valence electrons. The van der Waals surface area contributed by atoms with E-state index in [-0.39, 0.29) is 0 Å². The van der Waals surface area contributed by atoms with Crippen LogP contribution in [-0.4, -0.2) is 6.04 Å². The highest BCUT2D eigenvalue weighted by Crippen LogP contribution is 2.18. The first-order valence-corrected chi connectivity index (χ1v) is 5.12. The van der Waals surface area contributed by atoms with E-state index in [9.17, 15) is 0 Å². The smallest absolute Gasteiger partial charge is 0.0363 e. The van der Waals surface area contributed by atoms with Gasteiger partial charge in [-0.3, -0.25) is 0 Å². The molecule has 0 saturated heterocycles. The summed E-state index contributed by atoms with van der Waals surface area (Å²) in [7, 11) is 0. The maximum absolute atomic E-state index is 5.71. The molecular formula is C12H16N2. The lowest BCUT2D eigenvalue weighted by Crippen LogP contribution is -2.20. The van der Waals surface area contributed by atoms with Crippen molar-refractivity contribution in [3.05, 3.63) is 36.4 Å². The van der Waals surface area contributed by atoms with E-state index < -0.39 is 0 Å². The molecule has 0 radical (unpaired) electrons. The average molecular weight is 188 g/mol. The summed E-state index contributed by atoms with van der Waals surface area (Å²) in [5.74, 6) is 0. The summed E-state index contributed by atoms with van der Waals surface area (Å²) in [4.78, 5) is 0. The van der Waals surface area contributed by atoms with Crippen molar-refractivity contribution in [2.45, 2.75) is 25.3 Å². The van der Waals surface area contributed by atoms with Crippen LogP contribution in [0.5, 0.6) is 0 Å². The largest absolute Gasteiger partial charge is 0.399 e. The van der Waals surface area contributed by atoms with E-state index in [0.29, 0.717) is 6.04 Å². The van der Waals surface area contributed by atoms with E-state index in [1.165, 1.54) is 12.8 Å². The number of benzene rings is 1. The molecule has 1 unspecified atom stereocenters. The van der Waals surface area contributed by atoms with Gasteiger partial charge in [0.25, 0.3) is 0 Å². The predicted octanol–water partition coefficient (Wildman–Crippen LogP) is 2.79. The van der Waals surface area contributed by atoms with Gasteiger partial charge >= 0.3 is 0 Å². The molecule has 0 bridgehead atoms. The number of nitrogen functional groups attached to an aromatic ring is 1. The Morgan fingerprint density at radius 3 is 2.93 bits per heavy atom. The summed E-state index contributed by atoms with van der Waals surface area (Å²) >= 11 is 0. The first-order valence-electron chi connectivity index (χ1n) is 5.12. The third kappa shape index (κ3) is 2.28. The summed E-state index contributed by atoms with van der Waals surface area (Å²) in [6.07, 6.45) is 8.01. The highest BCUT2D eigenvalue weighted by Gasteiger charge is 2.08. The number of allylic oxidation sites excluding steroid dienone is 1. The summed E-state index contributed by atoms with van der Waals surface area (Å²) < 4.78 is 0. The van der Waals surface area contributed by atoms with Gasteiger partial charge in [0.1, 0.15) is 0 Å². The summed E-state index contributed by atoms with van der Waals surface area (Å²) in [6.45, 7) is 0. The van der Waals surface area contributed by atoms with E-state index in [4.69, 9.17) is 5.73 Å². The Hall–Kier alpha value is -1.44. The second-order valence-electron chi connectivity index (χ2n) is 3.75. The molecule has 0 aliphatic heterocycles. The number of hydrogen-bond donors (Lipinski definition) is 2. The van der Waals surface area contributed by atoms with E-state index >= 15 is 0 Å². The van der Waals surface area contributed by atoms with Crippen LogP contribution in [0.25, 0.3) is 0 Å².